The molecular formula is C27H28N2O4. The third-order valence-corrected chi connectivity index (χ3v) is 5.52. The van der Waals surface area contributed by atoms with Crippen molar-refractivity contribution in [3.63, 3.8) is 0 Å². The van der Waals surface area contributed by atoms with Crippen LogP contribution < -0.4 is 20.2 Å². The minimum atomic E-state index is -0.107. The Kier molecular flexibility index (Phi) is 6.93. The van der Waals surface area contributed by atoms with Crippen molar-refractivity contribution in [3.05, 3.63) is 82.5 Å². The molecule has 6 heteroatoms. The van der Waals surface area contributed by atoms with Gasteiger partial charge in [0, 0.05) is 17.3 Å². The fraction of sp³-hybridized carbons (Fsp3) is 0.259. The molecule has 170 valence electrons. The molecule has 0 aliphatic heterocycles. The first-order valence-electron chi connectivity index (χ1n) is 11.3. The van der Waals surface area contributed by atoms with Crippen LogP contribution in [0.2, 0.25) is 0 Å². The molecule has 0 saturated carbocycles. The van der Waals surface area contributed by atoms with Gasteiger partial charge in [-0.05, 0) is 62.2 Å². The summed E-state index contributed by atoms with van der Waals surface area (Å²) in [6.07, 6.45) is 0.671. The molecule has 0 unspecified atom stereocenters. The zero-order chi connectivity index (χ0) is 23.2. The first-order valence-corrected chi connectivity index (χ1v) is 11.3. The zero-order valence-electron chi connectivity index (χ0n) is 19.0. The molecule has 1 heterocycles. The lowest BCUT2D eigenvalue weighted by Crippen LogP contribution is -2.30. The topological polar surface area (TPSA) is 69.6 Å². The van der Waals surface area contributed by atoms with Gasteiger partial charge in [0.2, 0.25) is 5.91 Å². The van der Waals surface area contributed by atoms with Gasteiger partial charge in [-0.2, -0.15) is 0 Å². The molecule has 0 radical (unpaired) electrons. The monoisotopic (exact) mass is 444 g/mol. The van der Waals surface area contributed by atoms with Gasteiger partial charge >= 0.3 is 0 Å². The predicted molar refractivity (Wildman–Crippen MR) is 131 cm³/mol. The minimum absolute atomic E-state index is 0.0153. The maximum Gasteiger partial charge on any atom is 0.239 e. The van der Waals surface area contributed by atoms with E-state index in [4.69, 9.17) is 9.47 Å². The van der Waals surface area contributed by atoms with Crippen molar-refractivity contribution in [2.75, 3.05) is 19.8 Å². The summed E-state index contributed by atoms with van der Waals surface area (Å²) < 4.78 is 13.2. The number of nitrogens with one attached hydrogen (secondary N) is 1. The summed E-state index contributed by atoms with van der Waals surface area (Å²) in [6, 6.07) is 20.7. The fourth-order valence-electron chi connectivity index (χ4n) is 4.04. The average molecular weight is 445 g/mol. The number of hydrogen-bond acceptors (Lipinski definition) is 4. The van der Waals surface area contributed by atoms with Crippen LogP contribution in [0.4, 0.5) is 0 Å². The molecule has 3 aromatic carbocycles. The van der Waals surface area contributed by atoms with Gasteiger partial charge in [-0.3, -0.25) is 9.59 Å². The molecule has 0 bridgehead atoms. The Morgan fingerprint density at radius 3 is 2.09 bits per heavy atom. The molecular weight excluding hydrogens is 416 g/mol. The van der Waals surface area contributed by atoms with Gasteiger partial charge in [-0.15, -0.1) is 0 Å². The molecule has 4 rings (SSSR count). The van der Waals surface area contributed by atoms with Crippen LogP contribution in [0.25, 0.3) is 21.8 Å². The summed E-state index contributed by atoms with van der Waals surface area (Å²) in [7, 11) is 0. The second kappa shape index (κ2) is 10.2. The van der Waals surface area contributed by atoms with E-state index in [1.165, 1.54) is 0 Å². The van der Waals surface area contributed by atoms with Crippen LogP contribution in [0.3, 0.4) is 0 Å². The smallest absolute Gasteiger partial charge is 0.239 e. The van der Waals surface area contributed by atoms with Crippen molar-refractivity contribution in [1.82, 2.24) is 9.88 Å². The number of carbonyl (C=O) groups is 1. The van der Waals surface area contributed by atoms with Crippen molar-refractivity contribution in [3.8, 4) is 11.5 Å². The fourth-order valence-corrected chi connectivity index (χ4v) is 4.04. The number of aromatic nitrogens is 1. The van der Waals surface area contributed by atoms with Crippen LogP contribution in [0.15, 0.2) is 71.5 Å². The lowest BCUT2D eigenvalue weighted by atomic mass is 10.1. The maximum atomic E-state index is 12.9. The van der Waals surface area contributed by atoms with E-state index < -0.39 is 0 Å². The van der Waals surface area contributed by atoms with Gasteiger partial charge in [-0.25, -0.2) is 0 Å². The number of rotatable bonds is 9. The molecule has 0 aliphatic carbocycles. The van der Waals surface area contributed by atoms with Crippen LogP contribution in [0.1, 0.15) is 19.4 Å². The van der Waals surface area contributed by atoms with Crippen LogP contribution in [0, 0.1) is 0 Å². The third-order valence-electron chi connectivity index (χ3n) is 5.52. The second-order valence-corrected chi connectivity index (χ2v) is 7.70. The summed E-state index contributed by atoms with van der Waals surface area (Å²) in [6.45, 7) is 5.63. The van der Waals surface area contributed by atoms with E-state index in [1.807, 2.05) is 73.0 Å². The van der Waals surface area contributed by atoms with E-state index in [1.54, 1.807) is 12.1 Å². The number of para-hydroxylation sites is 2. The lowest BCUT2D eigenvalue weighted by Gasteiger charge is -2.15. The third kappa shape index (κ3) is 4.85. The Hall–Kier alpha value is -3.80. The standard InChI is InChI=1S/C27H28N2O4/c1-3-32-24-14-13-19(17-25(24)33-4-2)15-16-28-26(30)18-29-22-11-7-5-9-20(22)27(31)21-10-6-8-12-23(21)29/h5-14,17H,3-4,15-16,18H2,1-2H3,(H,28,30). The number of hydrogen-bond donors (Lipinski definition) is 1. The maximum absolute atomic E-state index is 12.9. The molecule has 1 amide bonds. The van der Waals surface area contributed by atoms with E-state index in [9.17, 15) is 9.59 Å². The van der Waals surface area contributed by atoms with Crippen molar-refractivity contribution in [2.45, 2.75) is 26.8 Å². The molecule has 1 N–H and O–H groups in total. The van der Waals surface area contributed by atoms with Crippen LogP contribution in [-0.4, -0.2) is 30.2 Å². The minimum Gasteiger partial charge on any atom is -0.490 e. The van der Waals surface area contributed by atoms with Crippen molar-refractivity contribution >= 4 is 27.7 Å². The van der Waals surface area contributed by atoms with Crippen molar-refractivity contribution in [1.29, 1.82) is 0 Å². The highest BCUT2D eigenvalue weighted by molar-refractivity contribution is 5.94. The number of benzene rings is 3. The Morgan fingerprint density at radius 1 is 0.848 bits per heavy atom. The van der Waals surface area contributed by atoms with Gasteiger partial charge < -0.3 is 19.4 Å². The van der Waals surface area contributed by atoms with E-state index in [-0.39, 0.29) is 17.9 Å². The molecule has 0 fully saturated rings. The molecule has 4 aromatic rings. The highest BCUT2D eigenvalue weighted by atomic mass is 16.5. The average Bonchev–Trinajstić information content (AvgIpc) is 2.83. The lowest BCUT2D eigenvalue weighted by molar-refractivity contribution is -0.121. The Labute approximate surface area is 192 Å². The molecule has 33 heavy (non-hydrogen) atoms. The van der Waals surface area contributed by atoms with Crippen LogP contribution in [0.5, 0.6) is 11.5 Å². The van der Waals surface area contributed by atoms with E-state index in [2.05, 4.69) is 5.32 Å². The number of amides is 1. The number of fused-ring (bicyclic) bond motifs is 2. The van der Waals surface area contributed by atoms with Crippen molar-refractivity contribution < 1.29 is 14.3 Å². The van der Waals surface area contributed by atoms with Crippen molar-refractivity contribution in [2.24, 2.45) is 0 Å². The zero-order valence-corrected chi connectivity index (χ0v) is 19.0. The largest absolute Gasteiger partial charge is 0.490 e. The molecule has 0 saturated heterocycles. The number of nitrogens with zero attached hydrogens (tertiary/aromatic N) is 1. The SMILES string of the molecule is CCOc1ccc(CCNC(=O)Cn2c3ccccc3c(=O)c3ccccc32)cc1OCC. The quantitative estimate of drug-likeness (QED) is 0.391. The van der Waals surface area contributed by atoms with Crippen LogP contribution in [-0.2, 0) is 17.8 Å². The molecule has 0 atom stereocenters. The summed E-state index contributed by atoms with van der Waals surface area (Å²) in [5.41, 5.74) is 2.55. The summed E-state index contributed by atoms with van der Waals surface area (Å²) in [5.74, 6) is 1.34. The first kappa shape index (κ1) is 22.4. The van der Waals surface area contributed by atoms with Gasteiger partial charge in [-0.1, -0.05) is 30.3 Å². The second-order valence-electron chi connectivity index (χ2n) is 7.70. The normalized spacial score (nSPS) is 11.0. The number of carbonyl (C=O) groups excluding carboxylic acids is 1. The van der Waals surface area contributed by atoms with Gasteiger partial charge in [0.25, 0.3) is 0 Å². The number of pyridine rings is 1. The predicted octanol–water partition coefficient (Wildman–Crippen LogP) is 4.31. The summed E-state index contributed by atoms with van der Waals surface area (Å²) >= 11 is 0. The highest BCUT2D eigenvalue weighted by Crippen LogP contribution is 2.28. The molecule has 0 spiro atoms. The molecule has 0 aliphatic rings. The summed E-state index contributed by atoms with van der Waals surface area (Å²) in [5, 5.41) is 4.23. The number of ether oxygens (including phenoxy) is 2. The summed E-state index contributed by atoms with van der Waals surface area (Å²) in [4.78, 5) is 25.7. The van der Waals surface area contributed by atoms with Crippen LogP contribution >= 0.6 is 0 Å². The molecule has 1 aromatic heterocycles. The Morgan fingerprint density at radius 2 is 1.45 bits per heavy atom. The highest BCUT2D eigenvalue weighted by Gasteiger charge is 2.13. The molecule has 6 nitrogen and oxygen atoms in total. The Bertz CT molecular complexity index is 1280. The van der Waals surface area contributed by atoms with E-state index in [0.29, 0.717) is 37.0 Å². The first-order chi connectivity index (χ1) is 16.1. The van der Waals surface area contributed by atoms with E-state index >= 15 is 0 Å². The van der Waals surface area contributed by atoms with Gasteiger partial charge in [0.1, 0.15) is 6.54 Å². The Balaban J connectivity index is 1.49. The van der Waals surface area contributed by atoms with Gasteiger partial charge in [0.05, 0.1) is 24.2 Å². The van der Waals surface area contributed by atoms with Gasteiger partial charge in [0.15, 0.2) is 16.9 Å². The van der Waals surface area contributed by atoms with E-state index in [0.717, 1.165) is 28.1 Å².